The van der Waals surface area contributed by atoms with Gasteiger partial charge >= 0.3 is 0 Å². The molecule has 3 rings (SSSR count). The predicted molar refractivity (Wildman–Crippen MR) is 134 cm³/mol. The van der Waals surface area contributed by atoms with E-state index in [4.69, 9.17) is 9.47 Å². The molecule has 0 heterocycles. The molecule has 3 aromatic carbocycles. The molecule has 1 atom stereocenters. The van der Waals surface area contributed by atoms with Gasteiger partial charge in [0.15, 0.2) is 6.61 Å². The average Bonchev–Trinajstić information content (AvgIpc) is 2.84. The van der Waals surface area contributed by atoms with Crippen molar-refractivity contribution in [3.63, 3.8) is 0 Å². The summed E-state index contributed by atoms with van der Waals surface area (Å²) < 4.78 is 39.0. The molecule has 3 aromatic rings. The molecule has 0 bridgehead atoms. The van der Waals surface area contributed by atoms with Crippen LogP contribution >= 0.6 is 0 Å². The van der Waals surface area contributed by atoms with Crippen molar-refractivity contribution in [2.75, 3.05) is 23.3 Å². The van der Waals surface area contributed by atoms with Gasteiger partial charge in [-0.3, -0.25) is 9.52 Å². The Bertz CT molecular complexity index is 1190. The van der Waals surface area contributed by atoms with Crippen LogP contribution in [0.25, 0.3) is 0 Å². The van der Waals surface area contributed by atoms with E-state index in [1.54, 1.807) is 24.3 Å². The average molecular weight is 483 g/mol. The van der Waals surface area contributed by atoms with Crippen molar-refractivity contribution in [1.29, 1.82) is 0 Å². The van der Waals surface area contributed by atoms with Crippen LogP contribution in [0.5, 0.6) is 11.5 Å². The zero-order valence-electron chi connectivity index (χ0n) is 19.6. The smallest absolute Gasteiger partial charge is 0.262 e. The fourth-order valence-electron chi connectivity index (χ4n) is 3.30. The number of hydrogen-bond acceptors (Lipinski definition) is 5. The molecule has 0 aromatic heterocycles. The summed E-state index contributed by atoms with van der Waals surface area (Å²) in [7, 11) is -3.77. The first-order chi connectivity index (χ1) is 16.3. The van der Waals surface area contributed by atoms with Crippen molar-refractivity contribution < 1.29 is 22.7 Å². The highest BCUT2D eigenvalue weighted by Gasteiger charge is 2.15. The fraction of sp³-hybridized carbons (Fsp3) is 0.269. The molecule has 8 heteroatoms. The number of ether oxygens (including phenoxy) is 2. The maximum absolute atomic E-state index is 12.7. The number of anilines is 2. The van der Waals surface area contributed by atoms with Gasteiger partial charge in [-0.2, -0.15) is 0 Å². The minimum Gasteiger partial charge on any atom is -0.494 e. The van der Waals surface area contributed by atoms with E-state index in [0.29, 0.717) is 35.4 Å². The van der Waals surface area contributed by atoms with E-state index in [0.717, 1.165) is 12.0 Å². The number of hydrogen-bond donors (Lipinski definition) is 2. The van der Waals surface area contributed by atoms with Crippen molar-refractivity contribution in [3.05, 3.63) is 78.4 Å². The Hall–Kier alpha value is -3.52. The first-order valence-electron chi connectivity index (χ1n) is 11.2. The highest BCUT2D eigenvalue weighted by atomic mass is 32.2. The number of rotatable bonds is 11. The quantitative estimate of drug-likeness (QED) is 0.381. The van der Waals surface area contributed by atoms with E-state index in [1.807, 2.05) is 31.2 Å². The van der Waals surface area contributed by atoms with E-state index in [2.05, 4.69) is 23.9 Å². The number of benzene rings is 3. The Labute approximate surface area is 201 Å². The Morgan fingerprint density at radius 1 is 0.882 bits per heavy atom. The summed E-state index contributed by atoms with van der Waals surface area (Å²) in [6.45, 7) is 6.48. The van der Waals surface area contributed by atoms with Crippen molar-refractivity contribution in [1.82, 2.24) is 0 Å². The van der Waals surface area contributed by atoms with Crippen LogP contribution in [-0.2, 0) is 14.8 Å². The van der Waals surface area contributed by atoms with E-state index < -0.39 is 10.0 Å². The van der Waals surface area contributed by atoms with Gasteiger partial charge in [-0.05, 0) is 79.4 Å². The second kappa shape index (κ2) is 11.6. The minimum absolute atomic E-state index is 0.0816. The molecule has 0 radical (unpaired) electrons. The van der Waals surface area contributed by atoms with Crippen LogP contribution in [0, 0.1) is 0 Å². The second-order valence-corrected chi connectivity index (χ2v) is 9.45. The SMILES string of the molecule is CCOc1ccc(NS(=O)(=O)c2ccc(NC(=O)COc3ccccc3C(C)CC)cc2)cc1. The lowest BCUT2D eigenvalue weighted by atomic mass is 9.98. The second-order valence-electron chi connectivity index (χ2n) is 7.77. The molecule has 0 saturated carbocycles. The highest BCUT2D eigenvalue weighted by molar-refractivity contribution is 7.92. The Kier molecular flexibility index (Phi) is 8.54. The molecule has 2 N–H and O–H groups in total. The number of para-hydroxylation sites is 1. The number of amides is 1. The Morgan fingerprint density at radius 3 is 2.18 bits per heavy atom. The lowest BCUT2D eigenvalue weighted by Gasteiger charge is -2.15. The highest BCUT2D eigenvalue weighted by Crippen LogP contribution is 2.28. The van der Waals surface area contributed by atoms with Gasteiger partial charge in [-0.15, -0.1) is 0 Å². The maximum Gasteiger partial charge on any atom is 0.262 e. The molecule has 0 saturated heterocycles. The zero-order valence-corrected chi connectivity index (χ0v) is 20.4. The molecule has 0 aliphatic rings. The third kappa shape index (κ3) is 6.74. The van der Waals surface area contributed by atoms with E-state index >= 15 is 0 Å². The van der Waals surface area contributed by atoms with E-state index in [1.165, 1.54) is 24.3 Å². The molecule has 34 heavy (non-hydrogen) atoms. The molecular weight excluding hydrogens is 452 g/mol. The van der Waals surface area contributed by atoms with Gasteiger partial charge in [0, 0.05) is 11.4 Å². The zero-order chi connectivity index (χ0) is 24.6. The number of carbonyl (C=O) groups is 1. The van der Waals surface area contributed by atoms with Crippen LogP contribution in [0.4, 0.5) is 11.4 Å². The lowest BCUT2D eigenvalue weighted by molar-refractivity contribution is -0.118. The van der Waals surface area contributed by atoms with Gasteiger partial charge < -0.3 is 14.8 Å². The molecule has 7 nitrogen and oxygen atoms in total. The Morgan fingerprint density at radius 2 is 1.53 bits per heavy atom. The topological polar surface area (TPSA) is 93.7 Å². The molecule has 0 aliphatic carbocycles. The van der Waals surface area contributed by atoms with Crippen LogP contribution in [-0.4, -0.2) is 27.5 Å². The van der Waals surface area contributed by atoms with Crippen LogP contribution in [0.1, 0.15) is 38.7 Å². The van der Waals surface area contributed by atoms with Crippen LogP contribution in [0.3, 0.4) is 0 Å². The standard InChI is InChI=1S/C26H30N2O5S/c1-4-19(3)24-8-6-7-9-25(24)33-18-26(29)27-20-12-16-23(17-13-20)34(30,31)28-21-10-14-22(15-11-21)32-5-2/h6-17,19,28H,4-5,18H2,1-3H3,(H,27,29). The largest absolute Gasteiger partial charge is 0.494 e. The summed E-state index contributed by atoms with van der Waals surface area (Å²) in [5, 5.41) is 2.73. The van der Waals surface area contributed by atoms with Crippen LogP contribution in [0.2, 0.25) is 0 Å². The van der Waals surface area contributed by atoms with Crippen molar-refractivity contribution in [3.8, 4) is 11.5 Å². The first kappa shape index (κ1) is 25.1. The van der Waals surface area contributed by atoms with Gasteiger partial charge in [-0.1, -0.05) is 32.0 Å². The summed E-state index contributed by atoms with van der Waals surface area (Å²) >= 11 is 0. The summed E-state index contributed by atoms with van der Waals surface area (Å²) in [5.74, 6) is 1.35. The first-order valence-corrected chi connectivity index (χ1v) is 12.7. The van der Waals surface area contributed by atoms with E-state index in [9.17, 15) is 13.2 Å². The van der Waals surface area contributed by atoms with Gasteiger partial charge in [0.2, 0.25) is 0 Å². The summed E-state index contributed by atoms with van der Waals surface area (Å²) in [6, 6.07) is 20.3. The predicted octanol–water partition coefficient (Wildman–Crippen LogP) is 5.42. The summed E-state index contributed by atoms with van der Waals surface area (Å²) in [4.78, 5) is 12.4. The molecule has 0 fully saturated rings. The van der Waals surface area contributed by atoms with Gasteiger partial charge in [0.1, 0.15) is 11.5 Å². The third-order valence-corrected chi connectivity index (χ3v) is 6.68. The van der Waals surface area contributed by atoms with Gasteiger partial charge in [0.05, 0.1) is 11.5 Å². The molecule has 0 aliphatic heterocycles. The fourth-order valence-corrected chi connectivity index (χ4v) is 4.36. The Balaban J connectivity index is 1.58. The monoisotopic (exact) mass is 482 g/mol. The van der Waals surface area contributed by atoms with Crippen molar-refractivity contribution in [2.45, 2.75) is 38.0 Å². The molecular formula is C26H30N2O5S. The number of carbonyl (C=O) groups excluding carboxylic acids is 1. The summed E-state index contributed by atoms with van der Waals surface area (Å²) in [6.07, 6.45) is 0.968. The molecule has 0 spiro atoms. The number of sulfonamides is 1. The van der Waals surface area contributed by atoms with Gasteiger partial charge in [-0.25, -0.2) is 8.42 Å². The molecule has 180 valence electrons. The third-order valence-electron chi connectivity index (χ3n) is 5.29. The van der Waals surface area contributed by atoms with Crippen LogP contribution in [0.15, 0.2) is 77.7 Å². The lowest BCUT2D eigenvalue weighted by Crippen LogP contribution is -2.20. The van der Waals surface area contributed by atoms with Crippen LogP contribution < -0.4 is 19.5 Å². The van der Waals surface area contributed by atoms with Crippen molar-refractivity contribution in [2.24, 2.45) is 0 Å². The van der Waals surface area contributed by atoms with Crippen molar-refractivity contribution >= 4 is 27.3 Å². The minimum atomic E-state index is -3.77. The maximum atomic E-state index is 12.7. The molecule has 1 unspecified atom stereocenters. The summed E-state index contributed by atoms with van der Waals surface area (Å²) in [5.41, 5.74) is 1.96. The molecule has 1 amide bonds. The van der Waals surface area contributed by atoms with Gasteiger partial charge in [0.25, 0.3) is 15.9 Å². The van der Waals surface area contributed by atoms with E-state index in [-0.39, 0.29) is 17.4 Å². The normalized spacial score (nSPS) is 12.0. The number of nitrogens with one attached hydrogen (secondary N) is 2.